The second-order valence-electron chi connectivity index (χ2n) is 3.52. The van der Waals surface area contributed by atoms with Crippen molar-refractivity contribution in [3.63, 3.8) is 0 Å². The van der Waals surface area contributed by atoms with Gasteiger partial charge in [0.05, 0.1) is 0 Å². The highest BCUT2D eigenvalue weighted by Crippen LogP contribution is 2.22. The second kappa shape index (κ2) is 4.09. The van der Waals surface area contributed by atoms with Crippen LogP contribution in [-0.4, -0.2) is 5.78 Å². The van der Waals surface area contributed by atoms with Crippen LogP contribution in [0.5, 0.6) is 0 Å². The molecule has 1 nitrogen and oxygen atoms in total. The largest absolute Gasteiger partial charge is 0.289 e. The highest BCUT2D eigenvalue weighted by atomic mass is 79.9. The molecule has 0 atom stereocenters. The SMILES string of the molecule is C=C(C)C(=O)c1c(C)cc(Br)cc1C. The molecule has 0 bridgehead atoms. The van der Waals surface area contributed by atoms with E-state index >= 15 is 0 Å². The minimum atomic E-state index is 0.0347. The molecule has 0 heterocycles. The van der Waals surface area contributed by atoms with E-state index in [-0.39, 0.29) is 5.78 Å². The summed E-state index contributed by atoms with van der Waals surface area (Å²) in [5.74, 6) is 0.0347. The van der Waals surface area contributed by atoms with Gasteiger partial charge in [-0.2, -0.15) is 0 Å². The minimum absolute atomic E-state index is 0.0347. The number of carbonyl (C=O) groups is 1. The van der Waals surface area contributed by atoms with E-state index in [1.165, 1.54) is 0 Å². The van der Waals surface area contributed by atoms with E-state index in [1.807, 2.05) is 26.0 Å². The Morgan fingerprint density at radius 3 is 2.07 bits per heavy atom. The van der Waals surface area contributed by atoms with Crippen molar-refractivity contribution >= 4 is 21.7 Å². The van der Waals surface area contributed by atoms with Crippen molar-refractivity contribution < 1.29 is 4.79 Å². The fourth-order valence-electron chi connectivity index (χ4n) is 1.48. The van der Waals surface area contributed by atoms with E-state index in [2.05, 4.69) is 22.5 Å². The van der Waals surface area contributed by atoms with Crippen molar-refractivity contribution in [3.8, 4) is 0 Å². The van der Waals surface area contributed by atoms with Crippen LogP contribution in [0.15, 0.2) is 28.8 Å². The summed E-state index contributed by atoms with van der Waals surface area (Å²) < 4.78 is 1.01. The molecule has 1 aromatic rings. The Bertz CT molecular complexity index is 382. The van der Waals surface area contributed by atoms with E-state index in [4.69, 9.17) is 0 Å². The average molecular weight is 253 g/mol. The monoisotopic (exact) mass is 252 g/mol. The van der Waals surface area contributed by atoms with Crippen LogP contribution in [0.3, 0.4) is 0 Å². The Morgan fingerprint density at radius 2 is 1.71 bits per heavy atom. The van der Waals surface area contributed by atoms with Crippen LogP contribution in [0.1, 0.15) is 28.4 Å². The van der Waals surface area contributed by atoms with Crippen LogP contribution in [0.25, 0.3) is 0 Å². The van der Waals surface area contributed by atoms with E-state index in [1.54, 1.807) is 6.92 Å². The highest BCUT2D eigenvalue weighted by molar-refractivity contribution is 9.10. The van der Waals surface area contributed by atoms with Crippen molar-refractivity contribution in [1.82, 2.24) is 0 Å². The van der Waals surface area contributed by atoms with Crippen LogP contribution in [0, 0.1) is 13.8 Å². The molecule has 0 spiro atoms. The number of Topliss-reactive ketones (excluding diaryl/α,β-unsaturated/α-hetero) is 1. The number of ketones is 1. The van der Waals surface area contributed by atoms with Gasteiger partial charge in [-0.3, -0.25) is 4.79 Å². The van der Waals surface area contributed by atoms with Crippen molar-refractivity contribution in [3.05, 3.63) is 45.4 Å². The van der Waals surface area contributed by atoms with Gasteiger partial charge in [-0.25, -0.2) is 0 Å². The topological polar surface area (TPSA) is 17.1 Å². The molecule has 0 aliphatic rings. The lowest BCUT2D eigenvalue weighted by molar-refractivity contribution is 0.103. The standard InChI is InChI=1S/C12H13BrO/c1-7(2)12(14)11-8(3)5-10(13)6-9(11)4/h5-6H,1H2,2-4H3. The van der Waals surface area contributed by atoms with Crippen LogP contribution >= 0.6 is 15.9 Å². The van der Waals surface area contributed by atoms with Crippen LogP contribution in [-0.2, 0) is 0 Å². The van der Waals surface area contributed by atoms with Gasteiger partial charge in [0.2, 0.25) is 0 Å². The number of hydrogen-bond acceptors (Lipinski definition) is 1. The Labute approximate surface area is 93.0 Å². The maximum atomic E-state index is 11.8. The zero-order chi connectivity index (χ0) is 10.9. The molecular weight excluding hydrogens is 240 g/mol. The van der Waals surface area contributed by atoms with Crippen molar-refractivity contribution in [2.24, 2.45) is 0 Å². The van der Waals surface area contributed by atoms with Crippen LogP contribution < -0.4 is 0 Å². The number of halogens is 1. The fraction of sp³-hybridized carbons (Fsp3) is 0.250. The molecule has 2 heteroatoms. The lowest BCUT2D eigenvalue weighted by atomic mass is 9.96. The molecule has 0 N–H and O–H groups in total. The summed E-state index contributed by atoms with van der Waals surface area (Å²) in [4.78, 5) is 11.8. The summed E-state index contributed by atoms with van der Waals surface area (Å²) in [6, 6.07) is 3.90. The molecule has 0 fully saturated rings. The number of hydrogen-bond donors (Lipinski definition) is 0. The summed E-state index contributed by atoms with van der Waals surface area (Å²) >= 11 is 3.40. The number of aryl methyl sites for hydroxylation is 2. The first-order valence-corrected chi connectivity index (χ1v) is 5.19. The zero-order valence-electron chi connectivity index (χ0n) is 8.65. The fourth-order valence-corrected chi connectivity index (χ4v) is 2.17. The first kappa shape index (κ1) is 11.2. The van der Waals surface area contributed by atoms with Gasteiger partial charge >= 0.3 is 0 Å². The summed E-state index contributed by atoms with van der Waals surface area (Å²) in [5, 5.41) is 0. The van der Waals surface area contributed by atoms with Gasteiger partial charge in [0.15, 0.2) is 5.78 Å². The van der Waals surface area contributed by atoms with Crippen LogP contribution in [0.2, 0.25) is 0 Å². The van der Waals surface area contributed by atoms with Gasteiger partial charge in [0, 0.05) is 10.0 Å². The van der Waals surface area contributed by atoms with Gasteiger partial charge in [-0.15, -0.1) is 0 Å². The van der Waals surface area contributed by atoms with Gasteiger partial charge in [0.1, 0.15) is 0 Å². The van der Waals surface area contributed by atoms with E-state index in [0.717, 1.165) is 21.2 Å². The second-order valence-corrected chi connectivity index (χ2v) is 4.44. The molecule has 0 amide bonds. The highest BCUT2D eigenvalue weighted by Gasteiger charge is 2.12. The quantitative estimate of drug-likeness (QED) is 0.578. The number of rotatable bonds is 2. The third-order valence-electron chi connectivity index (χ3n) is 2.11. The predicted octanol–water partition coefficient (Wildman–Crippen LogP) is 3.82. The molecule has 0 radical (unpaired) electrons. The minimum Gasteiger partial charge on any atom is -0.289 e. The first-order valence-electron chi connectivity index (χ1n) is 4.40. The van der Waals surface area contributed by atoms with Gasteiger partial charge in [-0.1, -0.05) is 22.5 Å². The molecule has 0 saturated heterocycles. The first-order chi connectivity index (χ1) is 6.43. The maximum absolute atomic E-state index is 11.8. The Morgan fingerprint density at radius 1 is 1.29 bits per heavy atom. The Hall–Kier alpha value is -0.890. The average Bonchev–Trinajstić information content (AvgIpc) is 2.01. The van der Waals surface area contributed by atoms with E-state index < -0.39 is 0 Å². The number of allylic oxidation sites excluding steroid dienone is 1. The lowest BCUT2D eigenvalue weighted by Gasteiger charge is -2.09. The molecular formula is C12H13BrO. The van der Waals surface area contributed by atoms with Crippen molar-refractivity contribution in [1.29, 1.82) is 0 Å². The molecule has 0 aromatic heterocycles. The Balaban J connectivity index is 3.35. The molecule has 14 heavy (non-hydrogen) atoms. The smallest absolute Gasteiger partial charge is 0.188 e. The summed E-state index contributed by atoms with van der Waals surface area (Å²) in [6.07, 6.45) is 0. The maximum Gasteiger partial charge on any atom is 0.188 e. The summed E-state index contributed by atoms with van der Waals surface area (Å²) in [5.41, 5.74) is 3.34. The molecule has 1 rings (SSSR count). The van der Waals surface area contributed by atoms with Crippen molar-refractivity contribution in [2.45, 2.75) is 20.8 Å². The molecule has 0 aliphatic carbocycles. The van der Waals surface area contributed by atoms with Crippen molar-refractivity contribution in [2.75, 3.05) is 0 Å². The van der Waals surface area contributed by atoms with E-state index in [0.29, 0.717) is 5.57 Å². The Kier molecular flexibility index (Phi) is 3.27. The molecule has 0 unspecified atom stereocenters. The number of benzene rings is 1. The van der Waals surface area contributed by atoms with Gasteiger partial charge in [0.25, 0.3) is 0 Å². The number of carbonyl (C=O) groups excluding carboxylic acids is 1. The molecule has 1 aromatic carbocycles. The normalized spacial score (nSPS) is 10.0. The third-order valence-corrected chi connectivity index (χ3v) is 2.57. The van der Waals surface area contributed by atoms with Gasteiger partial charge < -0.3 is 0 Å². The molecule has 74 valence electrons. The van der Waals surface area contributed by atoms with E-state index in [9.17, 15) is 4.79 Å². The zero-order valence-corrected chi connectivity index (χ0v) is 10.2. The summed E-state index contributed by atoms with van der Waals surface area (Å²) in [7, 11) is 0. The third kappa shape index (κ3) is 2.13. The molecule has 0 aliphatic heterocycles. The van der Waals surface area contributed by atoms with Gasteiger partial charge in [-0.05, 0) is 49.6 Å². The lowest BCUT2D eigenvalue weighted by Crippen LogP contribution is -2.05. The van der Waals surface area contributed by atoms with Crippen LogP contribution in [0.4, 0.5) is 0 Å². The summed E-state index contributed by atoms with van der Waals surface area (Å²) in [6.45, 7) is 9.29. The molecule has 0 saturated carbocycles. The predicted molar refractivity (Wildman–Crippen MR) is 62.8 cm³/mol.